The van der Waals surface area contributed by atoms with Gasteiger partial charge in [-0.1, -0.05) is 17.7 Å². The second kappa shape index (κ2) is 5.25. The molecule has 0 bridgehead atoms. The fourth-order valence-corrected chi connectivity index (χ4v) is 3.31. The molecule has 0 fully saturated rings. The van der Waals surface area contributed by atoms with Gasteiger partial charge in [0.2, 0.25) is 0 Å². The van der Waals surface area contributed by atoms with Gasteiger partial charge in [-0.2, -0.15) is 0 Å². The molecule has 2 rings (SSSR count). The van der Waals surface area contributed by atoms with E-state index in [0.29, 0.717) is 13.7 Å². The highest BCUT2D eigenvalue weighted by atomic mass is 79.9. The van der Waals surface area contributed by atoms with Crippen LogP contribution in [-0.4, -0.2) is 5.11 Å². The first-order valence-electron chi connectivity index (χ1n) is 4.99. The van der Waals surface area contributed by atoms with Crippen LogP contribution in [-0.2, 0) is 0 Å². The number of benzene rings is 1. The molecule has 0 aliphatic rings. The molecule has 1 aromatic heterocycles. The zero-order valence-corrected chi connectivity index (χ0v) is 12.3. The smallest absolute Gasteiger partial charge is 0.135 e. The summed E-state index contributed by atoms with van der Waals surface area (Å²) < 4.78 is 28.1. The molecular weight excluding hydrogens is 346 g/mol. The number of halogens is 4. The fourth-order valence-electron chi connectivity index (χ4n) is 1.57. The van der Waals surface area contributed by atoms with Crippen LogP contribution in [0.1, 0.15) is 22.1 Å². The molecule has 96 valence electrons. The molecule has 1 atom stereocenters. The largest absolute Gasteiger partial charge is 0.383 e. The second-order valence-corrected chi connectivity index (χ2v) is 6.57. The molecule has 1 nitrogen and oxygen atoms in total. The van der Waals surface area contributed by atoms with Gasteiger partial charge in [-0.15, -0.1) is 11.3 Å². The Morgan fingerprint density at radius 1 is 1.39 bits per heavy atom. The van der Waals surface area contributed by atoms with Crippen LogP contribution in [0.5, 0.6) is 0 Å². The summed E-state index contributed by atoms with van der Waals surface area (Å²) >= 11 is 10.2. The van der Waals surface area contributed by atoms with E-state index in [1.807, 2.05) is 0 Å². The third kappa shape index (κ3) is 2.45. The van der Waals surface area contributed by atoms with Crippen molar-refractivity contribution in [3.05, 3.63) is 54.6 Å². The minimum atomic E-state index is -1.36. The molecule has 0 saturated carbocycles. The van der Waals surface area contributed by atoms with Crippen molar-refractivity contribution in [1.29, 1.82) is 0 Å². The van der Waals surface area contributed by atoms with E-state index in [2.05, 4.69) is 15.9 Å². The van der Waals surface area contributed by atoms with Gasteiger partial charge < -0.3 is 5.11 Å². The quantitative estimate of drug-likeness (QED) is 0.819. The lowest BCUT2D eigenvalue weighted by molar-refractivity contribution is 0.212. The Balaban J connectivity index is 2.52. The molecule has 1 unspecified atom stereocenters. The van der Waals surface area contributed by atoms with Crippen LogP contribution in [0.4, 0.5) is 8.78 Å². The summed E-state index contributed by atoms with van der Waals surface area (Å²) in [5, 5.41) is 10.5. The van der Waals surface area contributed by atoms with Gasteiger partial charge in [0.15, 0.2) is 0 Å². The summed E-state index contributed by atoms with van der Waals surface area (Å²) in [5.74, 6) is -1.51. The number of hydrogen-bond donors (Lipinski definition) is 1. The van der Waals surface area contributed by atoms with Gasteiger partial charge >= 0.3 is 0 Å². The topological polar surface area (TPSA) is 20.2 Å². The van der Waals surface area contributed by atoms with Crippen molar-refractivity contribution in [2.24, 2.45) is 0 Å². The van der Waals surface area contributed by atoms with Gasteiger partial charge in [0.25, 0.3) is 0 Å². The van der Waals surface area contributed by atoms with Gasteiger partial charge in [0.1, 0.15) is 17.7 Å². The van der Waals surface area contributed by atoms with Crippen LogP contribution in [0.25, 0.3) is 0 Å². The van der Waals surface area contributed by atoms with Gasteiger partial charge in [-0.05, 0) is 40.5 Å². The van der Waals surface area contributed by atoms with Crippen molar-refractivity contribution >= 4 is 38.9 Å². The van der Waals surface area contributed by atoms with Crippen molar-refractivity contribution in [2.75, 3.05) is 0 Å². The van der Waals surface area contributed by atoms with E-state index in [0.717, 1.165) is 17.4 Å². The maximum Gasteiger partial charge on any atom is 0.135 e. The normalized spacial score (nSPS) is 12.8. The molecule has 1 N–H and O–H groups in total. The third-order valence-electron chi connectivity index (χ3n) is 2.53. The molecular formula is C12H8BrClF2OS. The highest BCUT2D eigenvalue weighted by molar-refractivity contribution is 9.11. The Bertz CT molecular complexity index is 581. The molecule has 18 heavy (non-hydrogen) atoms. The molecule has 0 aliphatic heterocycles. The maximum absolute atomic E-state index is 13.9. The average Bonchev–Trinajstić information content (AvgIpc) is 2.65. The summed E-state index contributed by atoms with van der Waals surface area (Å²) in [6, 6.07) is 3.96. The number of rotatable bonds is 2. The monoisotopic (exact) mass is 352 g/mol. The molecule has 1 heterocycles. The van der Waals surface area contributed by atoms with Crippen molar-refractivity contribution in [1.82, 2.24) is 0 Å². The van der Waals surface area contributed by atoms with Crippen LogP contribution in [0.2, 0.25) is 5.02 Å². The van der Waals surface area contributed by atoms with Crippen molar-refractivity contribution in [3.8, 4) is 0 Å². The Morgan fingerprint density at radius 2 is 2.06 bits per heavy atom. The Morgan fingerprint density at radius 3 is 2.61 bits per heavy atom. The summed E-state index contributed by atoms with van der Waals surface area (Å²) in [6.45, 7) is 1.52. The predicted octanol–water partition coefficient (Wildman–Crippen LogP) is 4.83. The van der Waals surface area contributed by atoms with E-state index >= 15 is 0 Å². The van der Waals surface area contributed by atoms with Crippen LogP contribution in [0.15, 0.2) is 22.0 Å². The van der Waals surface area contributed by atoms with Crippen LogP contribution in [0, 0.1) is 18.6 Å². The zero-order chi connectivity index (χ0) is 13.4. The van der Waals surface area contributed by atoms with E-state index in [9.17, 15) is 13.9 Å². The minimum absolute atomic E-state index is 0.284. The molecule has 2 aromatic rings. The van der Waals surface area contributed by atoms with Crippen molar-refractivity contribution in [3.63, 3.8) is 0 Å². The maximum atomic E-state index is 13.9. The summed E-state index contributed by atoms with van der Waals surface area (Å²) in [7, 11) is 0. The number of thiophene rings is 1. The Labute approximate surface area is 120 Å². The van der Waals surface area contributed by atoms with E-state index in [1.165, 1.54) is 19.1 Å². The van der Waals surface area contributed by atoms with Gasteiger partial charge in [-0.25, -0.2) is 8.78 Å². The Kier molecular flexibility index (Phi) is 4.06. The minimum Gasteiger partial charge on any atom is -0.383 e. The zero-order valence-electron chi connectivity index (χ0n) is 9.18. The number of aryl methyl sites for hydroxylation is 1. The first-order chi connectivity index (χ1) is 8.41. The molecule has 0 radical (unpaired) electrons. The lowest BCUT2D eigenvalue weighted by atomic mass is 10.0. The Hall–Kier alpha value is -0.490. The van der Waals surface area contributed by atoms with Gasteiger partial charge in [0, 0.05) is 4.88 Å². The highest BCUT2D eigenvalue weighted by Crippen LogP contribution is 2.38. The molecule has 0 aliphatic carbocycles. The van der Waals surface area contributed by atoms with E-state index in [4.69, 9.17) is 11.6 Å². The number of aliphatic hydroxyl groups excluding tert-OH is 1. The molecule has 0 amide bonds. The molecule has 0 spiro atoms. The predicted molar refractivity (Wildman–Crippen MR) is 72.2 cm³/mol. The lowest BCUT2D eigenvalue weighted by Crippen LogP contribution is -2.05. The van der Waals surface area contributed by atoms with Gasteiger partial charge in [-0.3, -0.25) is 0 Å². The van der Waals surface area contributed by atoms with Crippen LogP contribution in [0.3, 0.4) is 0 Å². The SMILES string of the molecule is Cc1ccc(F)c(C(O)c2cc(Cl)c(Br)s2)c1F. The standard InChI is InChI=1S/C12H8BrClF2OS/c1-5-2-3-7(15)9(10(5)16)11(17)8-4-6(14)12(13)18-8/h2-4,11,17H,1H3. The third-order valence-corrected chi connectivity index (χ3v) is 5.05. The first kappa shape index (κ1) is 13.9. The average molecular weight is 354 g/mol. The summed E-state index contributed by atoms with van der Waals surface area (Å²) in [4.78, 5) is 0.385. The summed E-state index contributed by atoms with van der Waals surface area (Å²) in [6.07, 6.45) is -1.36. The van der Waals surface area contributed by atoms with E-state index < -0.39 is 17.7 Å². The van der Waals surface area contributed by atoms with Gasteiger partial charge in [0.05, 0.1) is 14.4 Å². The van der Waals surface area contributed by atoms with E-state index in [1.54, 1.807) is 0 Å². The molecule has 6 heteroatoms. The molecule has 0 saturated heterocycles. The van der Waals surface area contributed by atoms with Crippen molar-refractivity contribution in [2.45, 2.75) is 13.0 Å². The lowest BCUT2D eigenvalue weighted by Gasteiger charge is -2.12. The first-order valence-corrected chi connectivity index (χ1v) is 6.98. The molecule has 1 aromatic carbocycles. The highest BCUT2D eigenvalue weighted by Gasteiger charge is 2.23. The second-order valence-electron chi connectivity index (χ2n) is 3.76. The van der Waals surface area contributed by atoms with Crippen molar-refractivity contribution < 1.29 is 13.9 Å². The number of aliphatic hydroxyl groups is 1. The van der Waals surface area contributed by atoms with E-state index in [-0.39, 0.29) is 11.1 Å². The summed E-state index contributed by atoms with van der Waals surface area (Å²) in [5.41, 5.74) is -0.0624. The number of hydrogen-bond acceptors (Lipinski definition) is 2. The fraction of sp³-hybridized carbons (Fsp3) is 0.167. The van der Waals surface area contributed by atoms with Crippen LogP contribution < -0.4 is 0 Å². The van der Waals surface area contributed by atoms with Crippen LogP contribution >= 0.6 is 38.9 Å².